The van der Waals surface area contributed by atoms with Crippen LogP contribution in [0.4, 0.5) is 0 Å². The second kappa shape index (κ2) is 6.95. The van der Waals surface area contributed by atoms with Crippen molar-refractivity contribution < 1.29 is 9.90 Å². The van der Waals surface area contributed by atoms with Crippen molar-refractivity contribution in [2.75, 3.05) is 24.7 Å². The Labute approximate surface area is 120 Å². The minimum Gasteiger partial charge on any atom is -0.394 e. The Bertz CT molecular complexity index is 308. The second-order valence-electron chi connectivity index (χ2n) is 6.12. The van der Waals surface area contributed by atoms with Crippen LogP contribution < -0.4 is 10.6 Å². The fourth-order valence-electron chi connectivity index (χ4n) is 3.28. The van der Waals surface area contributed by atoms with Crippen molar-refractivity contribution in [2.45, 2.75) is 50.6 Å². The highest BCUT2D eigenvalue weighted by Crippen LogP contribution is 2.32. The van der Waals surface area contributed by atoms with E-state index in [-0.39, 0.29) is 24.1 Å². The summed E-state index contributed by atoms with van der Waals surface area (Å²) in [6.45, 7) is 3.26. The molecule has 5 heteroatoms. The van der Waals surface area contributed by atoms with Crippen LogP contribution in [-0.2, 0) is 4.79 Å². The Morgan fingerprint density at radius 3 is 3.05 bits per heavy atom. The molecule has 0 aromatic heterocycles. The number of aliphatic hydroxyl groups excluding tert-OH is 1. The zero-order chi connectivity index (χ0) is 13.7. The van der Waals surface area contributed by atoms with Crippen LogP contribution in [0.2, 0.25) is 0 Å². The molecule has 1 amide bonds. The summed E-state index contributed by atoms with van der Waals surface area (Å²) in [6.07, 6.45) is 4.65. The minimum absolute atomic E-state index is 0.0654. The molecule has 1 heterocycles. The van der Waals surface area contributed by atoms with Crippen LogP contribution in [0.3, 0.4) is 0 Å². The third-order valence-corrected chi connectivity index (χ3v) is 5.36. The summed E-state index contributed by atoms with van der Waals surface area (Å²) in [5.41, 5.74) is -0.365. The molecule has 2 aliphatic rings. The third kappa shape index (κ3) is 4.36. The zero-order valence-electron chi connectivity index (χ0n) is 11.8. The minimum atomic E-state index is -0.365. The number of hydrogen-bond acceptors (Lipinski definition) is 4. The van der Waals surface area contributed by atoms with Gasteiger partial charge in [0.15, 0.2) is 0 Å². The molecular weight excluding hydrogens is 260 g/mol. The van der Waals surface area contributed by atoms with Crippen LogP contribution in [-0.4, -0.2) is 47.3 Å². The van der Waals surface area contributed by atoms with Gasteiger partial charge >= 0.3 is 0 Å². The van der Waals surface area contributed by atoms with Crippen LogP contribution in [0.5, 0.6) is 0 Å². The maximum Gasteiger partial charge on any atom is 0.222 e. The van der Waals surface area contributed by atoms with Gasteiger partial charge in [-0.05, 0) is 18.8 Å². The van der Waals surface area contributed by atoms with Gasteiger partial charge in [0.25, 0.3) is 0 Å². The molecule has 0 aromatic rings. The van der Waals surface area contributed by atoms with Crippen molar-refractivity contribution >= 4 is 17.7 Å². The number of rotatable bonds is 4. The highest BCUT2D eigenvalue weighted by molar-refractivity contribution is 7.99. The van der Waals surface area contributed by atoms with Crippen LogP contribution in [0.1, 0.15) is 39.0 Å². The number of hydrogen-bond donors (Lipinski definition) is 3. The van der Waals surface area contributed by atoms with Gasteiger partial charge in [0.05, 0.1) is 12.1 Å². The Hall–Kier alpha value is -0.260. The first-order valence-corrected chi connectivity index (χ1v) is 8.52. The Balaban J connectivity index is 1.84. The van der Waals surface area contributed by atoms with Gasteiger partial charge in [-0.2, -0.15) is 11.8 Å². The number of amides is 1. The zero-order valence-corrected chi connectivity index (χ0v) is 12.6. The SMILES string of the molecule is CC1CCCC(CO)(NC(=O)CC2CSCCN2)C1. The maximum atomic E-state index is 12.2. The third-order valence-electron chi connectivity index (χ3n) is 4.23. The summed E-state index contributed by atoms with van der Waals surface area (Å²) in [4.78, 5) is 12.2. The second-order valence-corrected chi connectivity index (χ2v) is 7.27. The first-order valence-electron chi connectivity index (χ1n) is 7.36. The van der Waals surface area contributed by atoms with Crippen molar-refractivity contribution in [1.82, 2.24) is 10.6 Å². The Morgan fingerprint density at radius 1 is 1.58 bits per heavy atom. The number of thioether (sulfide) groups is 1. The van der Waals surface area contributed by atoms with E-state index in [1.54, 1.807) is 0 Å². The van der Waals surface area contributed by atoms with Gasteiger partial charge < -0.3 is 15.7 Å². The molecule has 2 rings (SSSR count). The van der Waals surface area contributed by atoms with Crippen LogP contribution in [0.15, 0.2) is 0 Å². The molecule has 3 N–H and O–H groups in total. The van der Waals surface area contributed by atoms with Crippen molar-refractivity contribution in [1.29, 1.82) is 0 Å². The van der Waals surface area contributed by atoms with E-state index in [4.69, 9.17) is 0 Å². The number of carbonyl (C=O) groups is 1. The van der Waals surface area contributed by atoms with E-state index in [9.17, 15) is 9.90 Å². The van der Waals surface area contributed by atoms with Gasteiger partial charge in [-0.15, -0.1) is 0 Å². The quantitative estimate of drug-likeness (QED) is 0.725. The summed E-state index contributed by atoms with van der Waals surface area (Å²) in [6, 6.07) is 0.288. The van der Waals surface area contributed by atoms with E-state index in [2.05, 4.69) is 17.6 Å². The molecule has 0 spiro atoms. The van der Waals surface area contributed by atoms with E-state index in [1.807, 2.05) is 11.8 Å². The van der Waals surface area contributed by atoms with Gasteiger partial charge in [-0.1, -0.05) is 19.8 Å². The number of aliphatic hydroxyl groups is 1. The van der Waals surface area contributed by atoms with Crippen molar-refractivity contribution in [3.05, 3.63) is 0 Å². The summed E-state index contributed by atoms with van der Waals surface area (Å²) in [5, 5.41) is 16.2. The largest absolute Gasteiger partial charge is 0.394 e. The molecule has 0 radical (unpaired) electrons. The normalized spacial score (nSPS) is 35.9. The Morgan fingerprint density at radius 2 is 2.42 bits per heavy atom. The molecule has 19 heavy (non-hydrogen) atoms. The highest BCUT2D eigenvalue weighted by atomic mass is 32.2. The molecular formula is C14H26N2O2S. The lowest BCUT2D eigenvalue weighted by atomic mass is 9.76. The number of nitrogens with one attached hydrogen (secondary N) is 2. The molecule has 1 saturated heterocycles. The molecule has 3 unspecified atom stereocenters. The molecule has 4 nitrogen and oxygen atoms in total. The van der Waals surface area contributed by atoms with Gasteiger partial charge in [-0.3, -0.25) is 4.79 Å². The fourth-order valence-corrected chi connectivity index (χ4v) is 4.23. The summed E-state index contributed by atoms with van der Waals surface area (Å²) >= 11 is 1.90. The first kappa shape index (κ1) is 15.1. The summed E-state index contributed by atoms with van der Waals surface area (Å²) < 4.78 is 0. The topological polar surface area (TPSA) is 61.4 Å². The van der Waals surface area contributed by atoms with Gasteiger partial charge in [0.2, 0.25) is 5.91 Å². The fraction of sp³-hybridized carbons (Fsp3) is 0.929. The molecule has 110 valence electrons. The maximum absolute atomic E-state index is 12.2. The van der Waals surface area contributed by atoms with Crippen LogP contribution >= 0.6 is 11.8 Å². The lowest BCUT2D eigenvalue weighted by Gasteiger charge is -2.39. The van der Waals surface area contributed by atoms with Crippen molar-refractivity contribution in [3.63, 3.8) is 0 Å². The van der Waals surface area contributed by atoms with Crippen LogP contribution in [0.25, 0.3) is 0 Å². The van der Waals surface area contributed by atoms with E-state index in [1.165, 1.54) is 6.42 Å². The Kier molecular flexibility index (Phi) is 5.54. The molecule has 3 atom stereocenters. The van der Waals surface area contributed by atoms with E-state index >= 15 is 0 Å². The number of carbonyl (C=O) groups excluding carboxylic acids is 1. The van der Waals surface area contributed by atoms with E-state index in [0.29, 0.717) is 12.3 Å². The smallest absolute Gasteiger partial charge is 0.222 e. The highest BCUT2D eigenvalue weighted by Gasteiger charge is 2.36. The molecule has 1 aliphatic carbocycles. The van der Waals surface area contributed by atoms with Crippen molar-refractivity contribution in [3.8, 4) is 0 Å². The molecule has 1 aliphatic heterocycles. The predicted molar refractivity (Wildman–Crippen MR) is 79.3 cm³/mol. The predicted octanol–water partition coefficient (Wildman–Crippen LogP) is 1.14. The molecule has 1 saturated carbocycles. The molecule has 0 aromatic carbocycles. The monoisotopic (exact) mass is 286 g/mol. The van der Waals surface area contributed by atoms with Crippen molar-refractivity contribution in [2.24, 2.45) is 5.92 Å². The summed E-state index contributed by atoms with van der Waals surface area (Å²) in [7, 11) is 0. The standard InChI is InChI=1S/C14H26N2O2S/c1-11-3-2-4-14(8-11,10-17)16-13(18)7-12-9-19-6-5-15-12/h11-12,15,17H,2-10H2,1H3,(H,16,18). The lowest BCUT2D eigenvalue weighted by Crippen LogP contribution is -2.55. The van der Waals surface area contributed by atoms with E-state index < -0.39 is 0 Å². The van der Waals surface area contributed by atoms with Crippen LogP contribution in [0, 0.1) is 5.92 Å². The van der Waals surface area contributed by atoms with Gasteiger partial charge in [0, 0.05) is 30.5 Å². The van der Waals surface area contributed by atoms with Gasteiger partial charge in [0.1, 0.15) is 0 Å². The summed E-state index contributed by atoms with van der Waals surface area (Å²) in [5.74, 6) is 2.82. The lowest BCUT2D eigenvalue weighted by molar-refractivity contribution is -0.124. The average molecular weight is 286 g/mol. The van der Waals surface area contributed by atoms with E-state index in [0.717, 1.165) is 37.3 Å². The first-order chi connectivity index (χ1) is 9.13. The molecule has 2 fully saturated rings. The average Bonchev–Trinajstić information content (AvgIpc) is 2.39. The van der Waals surface area contributed by atoms with Gasteiger partial charge in [-0.25, -0.2) is 0 Å². The molecule has 0 bridgehead atoms.